The maximum atomic E-state index is 10.6. The van der Waals surface area contributed by atoms with Gasteiger partial charge in [-0.3, -0.25) is 4.79 Å². The molecule has 3 heteroatoms. The molecule has 1 fully saturated rings. The van der Waals surface area contributed by atoms with E-state index in [0.29, 0.717) is 6.42 Å². The van der Waals surface area contributed by atoms with Gasteiger partial charge < -0.3 is 10.2 Å². The third kappa shape index (κ3) is 2.44. The fourth-order valence-corrected chi connectivity index (χ4v) is 2.37. The zero-order chi connectivity index (χ0) is 9.90. The minimum atomic E-state index is -0.932. The van der Waals surface area contributed by atoms with Gasteiger partial charge in [0.15, 0.2) is 0 Å². The molecule has 0 aromatic carbocycles. The predicted octanol–water partition coefficient (Wildman–Crippen LogP) is 1.79. The summed E-state index contributed by atoms with van der Waals surface area (Å²) in [6.45, 7) is 2.02. The summed E-state index contributed by atoms with van der Waals surface area (Å²) in [7, 11) is 0. The summed E-state index contributed by atoms with van der Waals surface area (Å²) in [4.78, 5) is 10.6. The van der Waals surface area contributed by atoms with Gasteiger partial charge in [-0.1, -0.05) is 26.2 Å². The van der Waals surface area contributed by atoms with Gasteiger partial charge in [-0.05, 0) is 18.8 Å². The van der Waals surface area contributed by atoms with Crippen molar-refractivity contribution in [1.82, 2.24) is 0 Å². The first-order valence-corrected chi connectivity index (χ1v) is 5.02. The van der Waals surface area contributed by atoms with Crippen molar-refractivity contribution in [3.8, 4) is 0 Å². The quantitative estimate of drug-likeness (QED) is 0.706. The molecule has 0 radical (unpaired) electrons. The average molecular weight is 186 g/mol. The van der Waals surface area contributed by atoms with Crippen LogP contribution in [-0.4, -0.2) is 21.8 Å². The second kappa shape index (κ2) is 4.09. The number of rotatable bonds is 3. The molecule has 1 saturated carbocycles. The summed E-state index contributed by atoms with van der Waals surface area (Å²) in [6, 6.07) is 0. The van der Waals surface area contributed by atoms with E-state index in [0.717, 1.165) is 25.7 Å². The van der Waals surface area contributed by atoms with Gasteiger partial charge in [0.05, 0.1) is 12.0 Å². The Labute approximate surface area is 78.8 Å². The highest BCUT2D eigenvalue weighted by atomic mass is 16.4. The zero-order valence-corrected chi connectivity index (χ0v) is 8.12. The highest BCUT2D eigenvalue weighted by Crippen LogP contribution is 2.38. The van der Waals surface area contributed by atoms with Crippen molar-refractivity contribution < 1.29 is 15.0 Å². The lowest BCUT2D eigenvalue weighted by Crippen LogP contribution is -2.42. The summed E-state index contributed by atoms with van der Waals surface area (Å²) < 4.78 is 0. The van der Waals surface area contributed by atoms with E-state index in [1.54, 1.807) is 0 Å². The molecule has 1 rings (SSSR count). The number of hydrogen-bond acceptors (Lipinski definition) is 2. The standard InChI is InChI=1S/C10H18O3/c1-2-8-5-3-4-6-10(8,13)7-9(11)12/h8,13H,2-7H2,1H3,(H,11,12). The third-order valence-electron chi connectivity index (χ3n) is 3.12. The zero-order valence-electron chi connectivity index (χ0n) is 8.12. The number of aliphatic hydroxyl groups is 1. The Morgan fingerprint density at radius 2 is 2.23 bits per heavy atom. The number of carboxylic acid groups (broad SMARTS) is 1. The first kappa shape index (κ1) is 10.5. The first-order chi connectivity index (χ1) is 6.08. The smallest absolute Gasteiger partial charge is 0.306 e. The minimum Gasteiger partial charge on any atom is -0.481 e. The van der Waals surface area contributed by atoms with Crippen molar-refractivity contribution in [2.24, 2.45) is 5.92 Å². The van der Waals surface area contributed by atoms with Gasteiger partial charge in [-0.15, -0.1) is 0 Å². The summed E-state index contributed by atoms with van der Waals surface area (Å²) in [6.07, 6.45) is 4.49. The Kier molecular flexibility index (Phi) is 3.31. The van der Waals surface area contributed by atoms with Crippen LogP contribution in [0.25, 0.3) is 0 Å². The Hall–Kier alpha value is -0.570. The van der Waals surface area contributed by atoms with E-state index >= 15 is 0 Å². The normalized spacial score (nSPS) is 34.5. The molecule has 0 aromatic rings. The number of aliphatic carboxylic acids is 1. The van der Waals surface area contributed by atoms with E-state index in [9.17, 15) is 9.90 Å². The third-order valence-corrected chi connectivity index (χ3v) is 3.12. The molecular weight excluding hydrogens is 168 g/mol. The second-order valence-electron chi connectivity index (χ2n) is 4.03. The molecule has 0 aromatic heterocycles. The lowest BCUT2D eigenvalue weighted by atomic mass is 9.72. The van der Waals surface area contributed by atoms with Gasteiger partial charge >= 0.3 is 5.97 Å². The van der Waals surface area contributed by atoms with Crippen LogP contribution in [0.5, 0.6) is 0 Å². The molecule has 0 bridgehead atoms. The van der Waals surface area contributed by atoms with Crippen LogP contribution in [0.2, 0.25) is 0 Å². The number of hydrogen-bond donors (Lipinski definition) is 2. The highest BCUT2D eigenvalue weighted by molar-refractivity contribution is 5.68. The van der Waals surface area contributed by atoms with Crippen LogP contribution in [0.1, 0.15) is 45.4 Å². The number of carbonyl (C=O) groups is 1. The monoisotopic (exact) mass is 186 g/mol. The molecule has 0 saturated heterocycles. The molecule has 76 valence electrons. The second-order valence-corrected chi connectivity index (χ2v) is 4.03. The maximum absolute atomic E-state index is 10.6. The highest BCUT2D eigenvalue weighted by Gasteiger charge is 2.39. The number of carboxylic acids is 1. The van der Waals surface area contributed by atoms with Gasteiger partial charge in [0, 0.05) is 0 Å². The van der Waals surface area contributed by atoms with Gasteiger partial charge in [0.2, 0.25) is 0 Å². The van der Waals surface area contributed by atoms with E-state index in [4.69, 9.17) is 5.11 Å². The van der Waals surface area contributed by atoms with Crippen LogP contribution in [0.4, 0.5) is 0 Å². The van der Waals surface area contributed by atoms with E-state index in [-0.39, 0.29) is 12.3 Å². The van der Waals surface area contributed by atoms with Crippen LogP contribution < -0.4 is 0 Å². The predicted molar refractivity (Wildman–Crippen MR) is 49.5 cm³/mol. The fraction of sp³-hybridized carbons (Fsp3) is 0.900. The maximum Gasteiger partial charge on any atom is 0.306 e. The molecule has 2 unspecified atom stereocenters. The van der Waals surface area contributed by atoms with E-state index in [1.807, 2.05) is 6.92 Å². The summed E-state index contributed by atoms with van der Waals surface area (Å²) in [5, 5.41) is 18.8. The van der Waals surface area contributed by atoms with E-state index in [1.165, 1.54) is 0 Å². The lowest BCUT2D eigenvalue weighted by molar-refractivity contribution is -0.147. The molecular formula is C10H18O3. The summed E-state index contributed by atoms with van der Waals surface area (Å²) in [5.41, 5.74) is -0.932. The minimum absolute atomic E-state index is 0.0918. The van der Waals surface area contributed by atoms with Crippen molar-refractivity contribution in [3.63, 3.8) is 0 Å². The van der Waals surface area contributed by atoms with E-state index < -0.39 is 11.6 Å². The van der Waals surface area contributed by atoms with E-state index in [2.05, 4.69) is 0 Å². The molecule has 3 nitrogen and oxygen atoms in total. The molecule has 0 amide bonds. The van der Waals surface area contributed by atoms with Crippen molar-refractivity contribution in [3.05, 3.63) is 0 Å². The Balaban J connectivity index is 2.64. The van der Waals surface area contributed by atoms with Crippen molar-refractivity contribution in [2.75, 3.05) is 0 Å². The van der Waals surface area contributed by atoms with Crippen molar-refractivity contribution in [2.45, 2.75) is 51.0 Å². The van der Waals surface area contributed by atoms with Crippen molar-refractivity contribution >= 4 is 5.97 Å². The van der Waals surface area contributed by atoms with Crippen LogP contribution in [0.3, 0.4) is 0 Å². The Morgan fingerprint density at radius 3 is 2.77 bits per heavy atom. The molecule has 2 atom stereocenters. The molecule has 2 N–H and O–H groups in total. The summed E-state index contributed by atoms with van der Waals surface area (Å²) >= 11 is 0. The SMILES string of the molecule is CCC1CCCCC1(O)CC(=O)O. The topological polar surface area (TPSA) is 57.5 Å². The van der Waals surface area contributed by atoms with Gasteiger partial charge in [-0.25, -0.2) is 0 Å². The molecule has 0 aliphatic heterocycles. The van der Waals surface area contributed by atoms with Crippen LogP contribution in [0.15, 0.2) is 0 Å². The fourth-order valence-electron chi connectivity index (χ4n) is 2.37. The van der Waals surface area contributed by atoms with Gasteiger partial charge in [0.1, 0.15) is 0 Å². The van der Waals surface area contributed by atoms with Crippen LogP contribution in [-0.2, 0) is 4.79 Å². The largest absolute Gasteiger partial charge is 0.481 e. The lowest BCUT2D eigenvalue weighted by Gasteiger charge is -2.38. The molecule has 0 spiro atoms. The Morgan fingerprint density at radius 1 is 1.54 bits per heavy atom. The molecule has 13 heavy (non-hydrogen) atoms. The summed E-state index contributed by atoms with van der Waals surface area (Å²) in [5.74, 6) is -0.708. The van der Waals surface area contributed by atoms with Crippen molar-refractivity contribution in [1.29, 1.82) is 0 Å². The average Bonchev–Trinajstić information content (AvgIpc) is 2.03. The first-order valence-electron chi connectivity index (χ1n) is 5.02. The van der Waals surface area contributed by atoms with Gasteiger partial charge in [-0.2, -0.15) is 0 Å². The molecule has 1 aliphatic carbocycles. The molecule has 1 aliphatic rings. The Bertz CT molecular complexity index is 191. The van der Waals surface area contributed by atoms with Crippen LogP contribution >= 0.6 is 0 Å². The molecule has 0 heterocycles. The van der Waals surface area contributed by atoms with Crippen LogP contribution in [0, 0.1) is 5.92 Å². The van der Waals surface area contributed by atoms with Gasteiger partial charge in [0.25, 0.3) is 0 Å².